The average molecular weight is 426 g/mol. The van der Waals surface area contributed by atoms with Gasteiger partial charge in [0.2, 0.25) is 0 Å². The highest BCUT2D eigenvalue weighted by Crippen LogP contribution is 2.29. The minimum absolute atomic E-state index is 0.220. The number of piperidine rings is 1. The quantitative estimate of drug-likeness (QED) is 0.639. The molecule has 2 aromatic rings. The van der Waals surface area contributed by atoms with Crippen LogP contribution in [-0.2, 0) is 12.8 Å². The van der Waals surface area contributed by atoms with E-state index in [2.05, 4.69) is 53.1 Å². The summed E-state index contributed by atoms with van der Waals surface area (Å²) in [5.41, 5.74) is 3.08. The van der Waals surface area contributed by atoms with Crippen molar-refractivity contribution >= 4 is 17.2 Å². The Kier molecular flexibility index (Phi) is 7.24. The molecule has 2 heterocycles. The number of benzene rings is 1. The van der Waals surface area contributed by atoms with E-state index in [0.717, 1.165) is 30.9 Å². The Morgan fingerprint density at radius 3 is 2.33 bits per heavy atom. The maximum absolute atomic E-state index is 13.1. The molecule has 1 saturated heterocycles. The van der Waals surface area contributed by atoms with Crippen molar-refractivity contribution in [3.8, 4) is 0 Å². The summed E-state index contributed by atoms with van der Waals surface area (Å²) >= 11 is 1.56. The van der Waals surface area contributed by atoms with Crippen LogP contribution in [0.3, 0.4) is 0 Å². The predicted molar refractivity (Wildman–Crippen MR) is 125 cm³/mol. The van der Waals surface area contributed by atoms with Gasteiger partial charge in [0.25, 0.3) is 5.91 Å². The Labute approximate surface area is 185 Å². The van der Waals surface area contributed by atoms with Gasteiger partial charge in [-0.15, -0.1) is 11.3 Å². The van der Waals surface area contributed by atoms with Crippen molar-refractivity contribution in [2.45, 2.75) is 38.1 Å². The summed E-state index contributed by atoms with van der Waals surface area (Å²) in [5, 5.41) is 2.00. The molecule has 0 unspecified atom stereocenters. The minimum Gasteiger partial charge on any atom is -0.338 e. The Bertz CT molecular complexity index is 787. The third kappa shape index (κ3) is 5.32. The summed E-state index contributed by atoms with van der Waals surface area (Å²) in [5.74, 6) is 0.839. The molecule has 1 aliphatic carbocycles. The van der Waals surface area contributed by atoms with Gasteiger partial charge < -0.3 is 9.80 Å². The summed E-state index contributed by atoms with van der Waals surface area (Å²) in [6, 6.07) is 13.5. The standard InChI is InChI=1S/C25H35N3OS/c1-26(2)12-6-13-28(25(29)24-9-5-16-30-24)19-20-10-14-27(15-11-20)23-17-21-7-3-4-8-22(21)18-23/h3-5,7-9,16,20,23H,6,10-15,17-19H2,1-2H3. The lowest BCUT2D eigenvalue weighted by molar-refractivity contribution is 0.0665. The summed E-state index contributed by atoms with van der Waals surface area (Å²) in [6.07, 6.45) is 5.84. The summed E-state index contributed by atoms with van der Waals surface area (Å²) in [7, 11) is 4.20. The van der Waals surface area contributed by atoms with Crippen molar-refractivity contribution in [3.63, 3.8) is 0 Å². The Balaban J connectivity index is 1.30. The van der Waals surface area contributed by atoms with Crippen molar-refractivity contribution in [2.75, 3.05) is 46.8 Å². The molecule has 4 rings (SSSR count). The lowest BCUT2D eigenvalue weighted by atomic mass is 9.94. The number of nitrogens with zero attached hydrogens (tertiary/aromatic N) is 3. The van der Waals surface area contributed by atoms with Gasteiger partial charge in [0.15, 0.2) is 0 Å². The lowest BCUT2D eigenvalue weighted by Crippen LogP contribution is -2.45. The van der Waals surface area contributed by atoms with Crippen molar-refractivity contribution in [1.29, 1.82) is 0 Å². The van der Waals surface area contributed by atoms with Crippen LogP contribution in [0.2, 0.25) is 0 Å². The number of hydrogen-bond acceptors (Lipinski definition) is 4. The van der Waals surface area contributed by atoms with Crippen LogP contribution < -0.4 is 0 Å². The van der Waals surface area contributed by atoms with E-state index in [1.807, 2.05) is 17.5 Å². The molecule has 4 nitrogen and oxygen atoms in total. The summed E-state index contributed by atoms with van der Waals surface area (Å²) in [6.45, 7) is 5.12. The molecule has 0 N–H and O–H groups in total. The molecule has 1 amide bonds. The SMILES string of the molecule is CN(C)CCCN(CC1CCN(C2Cc3ccccc3C2)CC1)C(=O)c1cccs1. The maximum Gasteiger partial charge on any atom is 0.263 e. The van der Waals surface area contributed by atoms with E-state index in [1.165, 1.54) is 38.8 Å². The smallest absolute Gasteiger partial charge is 0.263 e. The van der Waals surface area contributed by atoms with Gasteiger partial charge in [0.05, 0.1) is 4.88 Å². The van der Waals surface area contributed by atoms with Crippen LogP contribution in [-0.4, -0.2) is 73.5 Å². The molecule has 0 bridgehead atoms. The molecule has 2 aliphatic rings. The first-order valence-corrected chi connectivity index (χ1v) is 12.3. The molecule has 1 aromatic heterocycles. The number of carbonyl (C=O) groups excluding carboxylic acids is 1. The number of rotatable bonds is 8. The van der Waals surface area contributed by atoms with E-state index in [-0.39, 0.29) is 5.91 Å². The van der Waals surface area contributed by atoms with E-state index in [4.69, 9.17) is 0 Å². The predicted octanol–water partition coefficient (Wildman–Crippen LogP) is 4.02. The minimum atomic E-state index is 0.220. The Morgan fingerprint density at radius 2 is 1.73 bits per heavy atom. The van der Waals surface area contributed by atoms with Gasteiger partial charge in [-0.25, -0.2) is 0 Å². The number of amides is 1. The van der Waals surface area contributed by atoms with Crippen LogP contribution in [0.15, 0.2) is 41.8 Å². The first-order chi connectivity index (χ1) is 14.6. The maximum atomic E-state index is 13.1. The number of thiophene rings is 1. The molecule has 1 aromatic carbocycles. The second-order valence-electron chi connectivity index (χ2n) is 9.20. The molecular formula is C25H35N3OS. The van der Waals surface area contributed by atoms with Crippen molar-refractivity contribution in [1.82, 2.24) is 14.7 Å². The number of fused-ring (bicyclic) bond motifs is 1. The van der Waals surface area contributed by atoms with Crippen molar-refractivity contribution < 1.29 is 4.79 Å². The van der Waals surface area contributed by atoms with E-state index in [0.29, 0.717) is 12.0 Å². The first kappa shape index (κ1) is 21.5. The number of likely N-dealkylation sites (tertiary alicyclic amines) is 1. The largest absolute Gasteiger partial charge is 0.338 e. The fourth-order valence-corrected chi connectivity index (χ4v) is 5.71. The van der Waals surface area contributed by atoms with E-state index in [9.17, 15) is 4.79 Å². The van der Waals surface area contributed by atoms with Crippen molar-refractivity contribution in [2.24, 2.45) is 5.92 Å². The molecule has 5 heteroatoms. The van der Waals surface area contributed by atoms with Crippen LogP contribution >= 0.6 is 11.3 Å². The van der Waals surface area contributed by atoms with E-state index in [1.54, 1.807) is 22.5 Å². The normalized spacial score (nSPS) is 18.1. The van der Waals surface area contributed by atoms with Crippen molar-refractivity contribution in [3.05, 3.63) is 57.8 Å². The fourth-order valence-electron chi connectivity index (χ4n) is 5.02. The monoisotopic (exact) mass is 425 g/mol. The Morgan fingerprint density at radius 1 is 1.03 bits per heavy atom. The topological polar surface area (TPSA) is 26.8 Å². The zero-order valence-corrected chi connectivity index (χ0v) is 19.2. The van der Waals surface area contributed by atoms with Gasteiger partial charge in [-0.05, 0) is 94.3 Å². The number of hydrogen-bond donors (Lipinski definition) is 0. The zero-order chi connectivity index (χ0) is 20.9. The Hall–Kier alpha value is -1.69. The van der Waals surface area contributed by atoms with Crippen LogP contribution in [0.4, 0.5) is 0 Å². The zero-order valence-electron chi connectivity index (χ0n) is 18.4. The second kappa shape index (κ2) is 10.1. The number of carbonyl (C=O) groups is 1. The molecule has 30 heavy (non-hydrogen) atoms. The van der Waals surface area contributed by atoms with Gasteiger partial charge in [0.1, 0.15) is 0 Å². The summed E-state index contributed by atoms with van der Waals surface area (Å²) < 4.78 is 0. The molecular weight excluding hydrogens is 390 g/mol. The molecule has 1 aliphatic heterocycles. The lowest BCUT2D eigenvalue weighted by Gasteiger charge is -2.38. The van der Waals surface area contributed by atoms with Gasteiger partial charge >= 0.3 is 0 Å². The third-order valence-corrected chi connectivity index (χ3v) is 7.58. The molecule has 162 valence electrons. The molecule has 1 fully saturated rings. The highest BCUT2D eigenvalue weighted by Gasteiger charge is 2.31. The van der Waals surface area contributed by atoms with Crippen LogP contribution in [0.1, 0.15) is 40.1 Å². The van der Waals surface area contributed by atoms with E-state index < -0.39 is 0 Å². The van der Waals surface area contributed by atoms with Gasteiger partial charge in [-0.1, -0.05) is 30.3 Å². The molecule has 0 spiro atoms. The van der Waals surface area contributed by atoms with Gasteiger partial charge in [0, 0.05) is 19.1 Å². The first-order valence-electron chi connectivity index (χ1n) is 11.4. The highest BCUT2D eigenvalue weighted by molar-refractivity contribution is 7.12. The second-order valence-corrected chi connectivity index (χ2v) is 10.1. The van der Waals surface area contributed by atoms with Gasteiger partial charge in [-0.3, -0.25) is 9.69 Å². The molecule has 0 saturated carbocycles. The molecule has 0 atom stereocenters. The van der Waals surface area contributed by atoms with E-state index >= 15 is 0 Å². The molecule has 0 radical (unpaired) electrons. The highest BCUT2D eigenvalue weighted by atomic mass is 32.1. The van der Waals surface area contributed by atoms with Crippen LogP contribution in [0.5, 0.6) is 0 Å². The fraction of sp³-hybridized carbons (Fsp3) is 0.560. The van der Waals surface area contributed by atoms with Crippen LogP contribution in [0, 0.1) is 5.92 Å². The average Bonchev–Trinajstić information content (AvgIpc) is 3.42. The van der Waals surface area contributed by atoms with Crippen LogP contribution in [0.25, 0.3) is 0 Å². The third-order valence-electron chi connectivity index (χ3n) is 6.73. The summed E-state index contributed by atoms with van der Waals surface area (Å²) in [4.78, 5) is 21.0. The van der Waals surface area contributed by atoms with Gasteiger partial charge in [-0.2, -0.15) is 0 Å².